The maximum atomic E-state index is 13.6. The van der Waals surface area contributed by atoms with Gasteiger partial charge in [-0.1, -0.05) is 0 Å². The molecule has 6 nitrogen and oxygen atoms in total. The van der Waals surface area contributed by atoms with Crippen LogP contribution in [0.15, 0.2) is 47.4 Å². The minimum Gasteiger partial charge on any atom is -0.372 e. The van der Waals surface area contributed by atoms with Crippen LogP contribution >= 0.6 is 11.8 Å². The topological polar surface area (TPSA) is 78.5 Å². The maximum Gasteiger partial charge on any atom is 0.241 e. The van der Waals surface area contributed by atoms with E-state index >= 15 is 0 Å². The lowest BCUT2D eigenvalue weighted by Gasteiger charge is -2.28. The molecular formula is C22H26FN3O3S2. The fraction of sp³-hybridized carbons (Fsp3) is 0.409. The first-order valence-electron chi connectivity index (χ1n) is 10.5. The van der Waals surface area contributed by atoms with Crippen LogP contribution in [0.5, 0.6) is 0 Å². The van der Waals surface area contributed by atoms with Gasteiger partial charge in [-0.2, -0.15) is 0 Å². The minimum absolute atomic E-state index is 0.372. The van der Waals surface area contributed by atoms with Gasteiger partial charge in [0, 0.05) is 35.1 Å². The summed E-state index contributed by atoms with van der Waals surface area (Å²) >= 11 is 1.60. The molecule has 2 aromatic rings. The summed E-state index contributed by atoms with van der Waals surface area (Å²) in [6.07, 6.45) is 4.20. The lowest BCUT2D eigenvalue weighted by molar-refractivity contribution is -0.119. The Morgan fingerprint density at radius 2 is 1.84 bits per heavy atom. The molecule has 1 saturated heterocycles. The van der Waals surface area contributed by atoms with Gasteiger partial charge < -0.3 is 10.2 Å². The summed E-state index contributed by atoms with van der Waals surface area (Å²) in [5.74, 6) is -0.889. The summed E-state index contributed by atoms with van der Waals surface area (Å²) in [5, 5.41) is 2.75. The monoisotopic (exact) mass is 463 g/mol. The Balaban J connectivity index is 1.36. The van der Waals surface area contributed by atoms with Crippen molar-refractivity contribution in [2.75, 3.05) is 34.2 Å². The number of piperidine rings is 1. The second-order valence-corrected chi connectivity index (χ2v) is 10.8. The summed E-state index contributed by atoms with van der Waals surface area (Å²) in [4.78, 5) is 15.6. The van der Waals surface area contributed by atoms with E-state index in [4.69, 9.17) is 0 Å². The maximum absolute atomic E-state index is 13.6. The van der Waals surface area contributed by atoms with Crippen molar-refractivity contribution >= 4 is 39.1 Å². The number of carbonyl (C=O) groups excluding carboxylic acids is 1. The Kier molecular flexibility index (Phi) is 6.71. The van der Waals surface area contributed by atoms with E-state index in [0.29, 0.717) is 17.7 Å². The molecule has 0 aliphatic carbocycles. The molecule has 0 radical (unpaired) electrons. The molecule has 1 unspecified atom stereocenters. The van der Waals surface area contributed by atoms with E-state index in [-0.39, 0.29) is 5.82 Å². The molecule has 1 amide bonds. The Morgan fingerprint density at radius 1 is 1.10 bits per heavy atom. The highest BCUT2D eigenvalue weighted by atomic mass is 32.2. The highest BCUT2D eigenvalue weighted by Crippen LogP contribution is 2.36. The number of rotatable bonds is 6. The number of anilines is 2. The Hall–Kier alpha value is -2.26. The van der Waals surface area contributed by atoms with Crippen LogP contribution in [0.4, 0.5) is 15.8 Å². The van der Waals surface area contributed by atoms with Gasteiger partial charge in [-0.05, 0) is 73.7 Å². The molecule has 2 N–H and O–H groups in total. The Morgan fingerprint density at radius 3 is 2.58 bits per heavy atom. The third kappa shape index (κ3) is 5.71. The molecule has 2 aromatic carbocycles. The fourth-order valence-corrected chi connectivity index (χ4v) is 6.13. The third-order valence-electron chi connectivity index (χ3n) is 5.53. The van der Waals surface area contributed by atoms with Crippen molar-refractivity contribution in [1.82, 2.24) is 5.32 Å². The van der Waals surface area contributed by atoms with E-state index < -0.39 is 27.7 Å². The number of sulfonamides is 1. The Labute approximate surface area is 186 Å². The van der Waals surface area contributed by atoms with E-state index in [2.05, 4.69) is 14.9 Å². The second kappa shape index (κ2) is 9.48. The van der Waals surface area contributed by atoms with Gasteiger partial charge in [0.25, 0.3) is 0 Å². The summed E-state index contributed by atoms with van der Waals surface area (Å²) < 4.78 is 41.1. The van der Waals surface area contributed by atoms with Crippen molar-refractivity contribution in [2.45, 2.75) is 36.6 Å². The van der Waals surface area contributed by atoms with Crippen molar-refractivity contribution in [3.05, 3.63) is 53.8 Å². The standard InChI is InChI=1S/C22H26FN3O3S2/c23-16-4-9-21-19(14-16)20(10-13-30-21)24-22(27)15-31(28,29)25-17-5-7-18(8-6-17)26-11-2-1-3-12-26/h4-9,14,20,25H,1-3,10-13,15H2,(H,24,27). The van der Waals surface area contributed by atoms with Crippen molar-refractivity contribution in [1.29, 1.82) is 0 Å². The van der Waals surface area contributed by atoms with Crippen LogP contribution in [0, 0.1) is 5.82 Å². The average molecular weight is 464 g/mol. The molecule has 1 fully saturated rings. The smallest absolute Gasteiger partial charge is 0.241 e. The molecule has 0 saturated carbocycles. The number of thioether (sulfide) groups is 1. The molecule has 2 heterocycles. The van der Waals surface area contributed by atoms with Crippen LogP contribution in [-0.2, 0) is 14.8 Å². The first-order valence-corrected chi connectivity index (χ1v) is 13.1. The fourth-order valence-electron chi connectivity index (χ4n) is 4.03. The van der Waals surface area contributed by atoms with Crippen LogP contribution in [0.1, 0.15) is 37.3 Å². The van der Waals surface area contributed by atoms with Gasteiger partial charge >= 0.3 is 0 Å². The first kappa shape index (κ1) is 22.0. The van der Waals surface area contributed by atoms with Gasteiger partial charge in [0.1, 0.15) is 11.6 Å². The highest BCUT2D eigenvalue weighted by molar-refractivity contribution is 7.99. The summed E-state index contributed by atoms with van der Waals surface area (Å²) in [6.45, 7) is 2.02. The lowest BCUT2D eigenvalue weighted by atomic mass is 10.0. The van der Waals surface area contributed by atoms with Crippen LogP contribution in [0.3, 0.4) is 0 Å². The van der Waals surface area contributed by atoms with Gasteiger partial charge in [-0.25, -0.2) is 12.8 Å². The second-order valence-electron chi connectivity index (χ2n) is 7.90. The number of carbonyl (C=O) groups is 1. The molecule has 2 aliphatic heterocycles. The number of hydrogen-bond donors (Lipinski definition) is 2. The number of amides is 1. The van der Waals surface area contributed by atoms with Crippen LogP contribution in [0.2, 0.25) is 0 Å². The molecular weight excluding hydrogens is 437 g/mol. The highest BCUT2D eigenvalue weighted by Gasteiger charge is 2.25. The number of hydrogen-bond acceptors (Lipinski definition) is 5. The molecule has 9 heteroatoms. The van der Waals surface area contributed by atoms with Crippen LogP contribution in [-0.4, -0.2) is 38.9 Å². The van der Waals surface area contributed by atoms with Gasteiger partial charge in [-0.15, -0.1) is 11.8 Å². The average Bonchev–Trinajstić information content (AvgIpc) is 2.74. The number of fused-ring (bicyclic) bond motifs is 1. The SMILES string of the molecule is O=C(CS(=O)(=O)Nc1ccc(N2CCCCC2)cc1)NC1CCSc2ccc(F)cc21. The zero-order chi connectivity index (χ0) is 21.8. The van der Waals surface area contributed by atoms with E-state index in [9.17, 15) is 17.6 Å². The third-order valence-corrected chi connectivity index (χ3v) is 7.84. The molecule has 1 atom stereocenters. The number of halogens is 1. The zero-order valence-electron chi connectivity index (χ0n) is 17.1. The summed E-state index contributed by atoms with van der Waals surface area (Å²) in [5.41, 5.74) is 2.19. The van der Waals surface area contributed by atoms with Crippen molar-refractivity contribution in [2.24, 2.45) is 0 Å². The number of nitrogens with one attached hydrogen (secondary N) is 2. The van der Waals surface area contributed by atoms with Gasteiger partial charge in [-0.3, -0.25) is 9.52 Å². The molecule has 4 rings (SSSR count). The van der Waals surface area contributed by atoms with Crippen LogP contribution < -0.4 is 14.9 Å². The summed E-state index contributed by atoms with van der Waals surface area (Å²) in [7, 11) is -3.86. The quantitative estimate of drug-likeness (QED) is 0.679. The van der Waals surface area contributed by atoms with E-state index in [0.717, 1.165) is 29.4 Å². The molecule has 0 aromatic heterocycles. The van der Waals surface area contributed by atoms with Crippen molar-refractivity contribution < 1.29 is 17.6 Å². The summed E-state index contributed by atoms with van der Waals surface area (Å²) in [6, 6.07) is 11.3. The molecule has 0 spiro atoms. The lowest BCUT2D eigenvalue weighted by Crippen LogP contribution is -2.36. The number of benzene rings is 2. The molecule has 0 bridgehead atoms. The van der Waals surface area contributed by atoms with E-state index in [1.54, 1.807) is 30.0 Å². The van der Waals surface area contributed by atoms with Crippen LogP contribution in [0.25, 0.3) is 0 Å². The largest absolute Gasteiger partial charge is 0.372 e. The van der Waals surface area contributed by atoms with Crippen molar-refractivity contribution in [3.63, 3.8) is 0 Å². The van der Waals surface area contributed by atoms with Gasteiger partial charge in [0.05, 0.1) is 6.04 Å². The first-order chi connectivity index (χ1) is 14.9. The van der Waals surface area contributed by atoms with Gasteiger partial charge in [0.2, 0.25) is 15.9 Å². The molecule has 2 aliphatic rings. The minimum atomic E-state index is -3.86. The zero-order valence-corrected chi connectivity index (χ0v) is 18.8. The molecule has 166 valence electrons. The van der Waals surface area contributed by atoms with Gasteiger partial charge in [0.15, 0.2) is 0 Å². The van der Waals surface area contributed by atoms with E-state index in [1.165, 1.54) is 31.4 Å². The predicted molar refractivity (Wildman–Crippen MR) is 123 cm³/mol. The number of nitrogens with zero attached hydrogens (tertiary/aromatic N) is 1. The normalized spacial score (nSPS) is 18.9. The predicted octanol–water partition coefficient (Wildman–Crippen LogP) is 3.91. The molecule has 31 heavy (non-hydrogen) atoms. The van der Waals surface area contributed by atoms with Crippen molar-refractivity contribution in [3.8, 4) is 0 Å². The van der Waals surface area contributed by atoms with E-state index in [1.807, 2.05) is 12.1 Å². The Bertz CT molecular complexity index is 1040.